The number of nitrogens with one attached hydrogen (secondary N) is 3. The molecule has 10 heteroatoms. The van der Waals surface area contributed by atoms with Gasteiger partial charge in [0.25, 0.3) is 5.91 Å². The zero-order valence-corrected chi connectivity index (χ0v) is 15.7. The van der Waals surface area contributed by atoms with E-state index in [9.17, 15) is 27.9 Å². The Morgan fingerprint density at radius 1 is 1.13 bits per heavy atom. The number of alkyl halides is 3. The van der Waals surface area contributed by atoms with Gasteiger partial charge in [-0.05, 0) is 48.7 Å². The molecule has 0 aromatic heterocycles. The van der Waals surface area contributed by atoms with Gasteiger partial charge < -0.3 is 25.8 Å². The zero-order valence-electron chi connectivity index (χ0n) is 15.7. The quantitative estimate of drug-likeness (QED) is 0.549. The molecular weight excluding hydrogens is 403 g/mol. The molecule has 3 rings (SSSR count). The summed E-state index contributed by atoms with van der Waals surface area (Å²) in [5.41, 5.74) is 1.04. The molecule has 2 aromatic rings. The summed E-state index contributed by atoms with van der Waals surface area (Å²) in [6.07, 6.45) is -4.01. The topological polar surface area (TPSA) is 99.7 Å². The highest BCUT2D eigenvalue weighted by Gasteiger charge is 2.31. The van der Waals surface area contributed by atoms with E-state index in [1.807, 2.05) is 0 Å². The first-order chi connectivity index (χ1) is 14.2. The number of halogens is 3. The summed E-state index contributed by atoms with van der Waals surface area (Å²) in [6, 6.07) is 10.9. The van der Waals surface area contributed by atoms with Crippen molar-refractivity contribution in [3.8, 4) is 5.75 Å². The van der Waals surface area contributed by atoms with Gasteiger partial charge >= 0.3 is 12.4 Å². The van der Waals surface area contributed by atoms with Gasteiger partial charge in [0.15, 0.2) is 0 Å². The molecule has 2 aromatic carbocycles. The van der Waals surface area contributed by atoms with E-state index in [0.717, 1.165) is 25.0 Å². The average Bonchev–Trinajstić information content (AvgIpc) is 3.49. The highest BCUT2D eigenvalue weighted by molar-refractivity contribution is 5.97. The van der Waals surface area contributed by atoms with E-state index in [1.165, 1.54) is 18.2 Å². The molecule has 7 nitrogen and oxygen atoms in total. The van der Waals surface area contributed by atoms with Gasteiger partial charge in [0.1, 0.15) is 5.75 Å². The van der Waals surface area contributed by atoms with E-state index >= 15 is 0 Å². The molecule has 0 aliphatic heterocycles. The van der Waals surface area contributed by atoms with Crippen LogP contribution in [0.25, 0.3) is 0 Å². The summed E-state index contributed by atoms with van der Waals surface area (Å²) in [5.74, 6) is -0.880. The van der Waals surface area contributed by atoms with E-state index in [4.69, 9.17) is 0 Å². The van der Waals surface area contributed by atoms with Gasteiger partial charge in [-0.1, -0.05) is 18.2 Å². The number of anilines is 1. The maximum Gasteiger partial charge on any atom is 0.573 e. The summed E-state index contributed by atoms with van der Waals surface area (Å²) in [7, 11) is 0. The number of ether oxygens (including phenoxy) is 1. The first-order valence-electron chi connectivity index (χ1n) is 9.19. The molecule has 0 bridgehead atoms. The lowest BCUT2D eigenvalue weighted by Crippen LogP contribution is -2.31. The molecule has 0 heterocycles. The molecule has 0 radical (unpaired) electrons. The van der Waals surface area contributed by atoms with Crippen LogP contribution in [0.3, 0.4) is 0 Å². The smallest absolute Gasteiger partial charge is 0.406 e. The van der Waals surface area contributed by atoms with Crippen LogP contribution in [0.15, 0.2) is 48.5 Å². The van der Waals surface area contributed by atoms with Gasteiger partial charge in [0.05, 0.1) is 6.10 Å². The monoisotopic (exact) mass is 423 g/mol. The van der Waals surface area contributed by atoms with Crippen molar-refractivity contribution in [1.82, 2.24) is 10.6 Å². The minimum atomic E-state index is -4.80. The van der Waals surface area contributed by atoms with Crippen molar-refractivity contribution in [2.75, 3.05) is 11.9 Å². The second-order valence-corrected chi connectivity index (χ2v) is 6.80. The fourth-order valence-corrected chi connectivity index (χ4v) is 2.62. The van der Waals surface area contributed by atoms with E-state index in [0.29, 0.717) is 11.3 Å². The molecule has 1 aliphatic rings. The van der Waals surface area contributed by atoms with Gasteiger partial charge in [-0.25, -0.2) is 4.79 Å². The molecule has 4 N–H and O–H groups in total. The van der Waals surface area contributed by atoms with Crippen molar-refractivity contribution in [2.24, 2.45) is 0 Å². The first-order valence-corrected chi connectivity index (χ1v) is 9.19. The number of hydrogen-bond acceptors (Lipinski definition) is 4. The predicted octanol–water partition coefficient (Wildman–Crippen LogP) is 3.33. The Kier molecular flexibility index (Phi) is 6.46. The van der Waals surface area contributed by atoms with Gasteiger partial charge in [-0.3, -0.25) is 4.79 Å². The Balaban J connectivity index is 1.52. The maximum absolute atomic E-state index is 12.3. The maximum atomic E-state index is 12.3. The molecule has 3 amide bonds. The SMILES string of the molecule is O=C(Nc1cccc(C(=O)NCC(O)c2ccc(OC(F)(F)F)cc2)c1)NC1CC1. The molecule has 1 fully saturated rings. The van der Waals surface area contributed by atoms with Crippen LogP contribution in [0.1, 0.15) is 34.9 Å². The summed E-state index contributed by atoms with van der Waals surface area (Å²) < 4.78 is 40.3. The molecule has 30 heavy (non-hydrogen) atoms. The van der Waals surface area contributed by atoms with Gasteiger partial charge in [0, 0.05) is 23.8 Å². The lowest BCUT2D eigenvalue weighted by molar-refractivity contribution is -0.274. The largest absolute Gasteiger partial charge is 0.573 e. The summed E-state index contributed by atoms with van der Waals surface area (Å²) in [4.78, 5) is 24.1. The van der Waals surface area contributed by atoms with Crippen molar-refractivity contribution in [1.29, 1.82) is 0 Å². The third-order valence-electron chi connectivity index (χ3n) is 4.25. The molecule has 160 valence electrons. The number of hydrogen-bond donors (Lipinski definition) is 4. The predicted molar refractivity (Wildman–Crippen MR) is 102 cm³/mol. The van der Waals surface area contributed by atoms with Crippen molar-refractivity contribution < 1.29 is 32.6 Å². The molecule has 1 saturated carbocycles. The Morgan fingerprint density at radius 2 is 1.83 bits per heavy atom. The second kappa shape index (κ2) is 9.04. The number of carbonyl (C=O) groups excluding carboxylic acids is 2. The van der Waals surface area contributed by atoms with E-state index in [-0.39, 0.29) is 24.2 Å². The van der Waals surface area contributed by atoms with Crippen LogP contribution in [-0.2, 0) is 0 Å². The normalized spacial score (nSPS) is 14.5. The number of carbonyl (C=O) groups is 2. The highest BCUT2D eigenvalue weighted by Crippen LogP contribution is 2.24. The number of aliphatic hydroxyl groups excluding tert-OH is 1. The molecule has 1 unspecified atom stereocenters. The molecule has 0 saturated heterocycles. The van der Waals surface area contributed by atoms with Gasteiger partial charge in [0.2, 0.25) is 0 Å². The van der Waals surface area contributed by atoms with Crippen LogP contribution in [0, 0.1) is 0 Å². The summed E-state index contributed by atoms with van der Waals surface area (Å²) in [6.45, 7) is -0.155. The third kappa shape index (κ3) is 6.66. The lowest BCUT2D eigenvalue weighted by atomic mass is 10.1. The number of aliphatic hydroxyl groups is 1. The van der Waals surface area contributed by atoms with E-state index in [1.54, 1.807) is 18.2 Å². The van der Waals surface area contributed by atoms with Gasteiger partial charge in [-0.2, -0.15) is 0 Å². The zero-order chi connectivity index (χ0) is 21.7. The summed E-state index contributed by atoms with van der Waals surface area (Å²) >= 11 is 0. The third-order valence-corrected chi connectivity index (χ3v) is 4.25. The minimum Gasteiger partial charge on any atom is -0.406 e. The van der Waals surface area contributed by atoms with Crippen LogP contribution in [0.5, 0.6) is 5.75 Å². The van der Waals surface area contributed by atoms with Crippen LogP contribution >= 0.6 is 0 Å². The molecular formula is C20H20F3N3O4. The van der Waals surface area contributed by atoms with Crippen LogP contribution in [0.4, 0.5) is 23.7 Å². The van der Waals surface area contributed by atoms with Crippen LogP contribution in [-0.4, -0.2) is 36.0 Å². The summed E-state index contributed by atoms with van der Waals surface area (Å²) in [5, 5.41) is 18.1. The first kappa shape index (κ1) is 21.4. The number of amides is 3. The standard InChI is InChI=1S/C20H20F3N3O4/c21-20(22,23)30-16-8-4-12(5-9-16)17(27)11-24-18(28)13-2-1-3-15(10-13)26-19(29)25-14-6-7-14/h1-5,8-10,14,17,27H,6-7,11H2,(H,24,28)(H2,25,26,29). The fraction of sp³-hybridized carbons (Fsp3) is 0.300. The molecule has 0 spiro atoms. The Bertz CT molecular complexity index is 899. The minimum absolute atomic E-state index is 0.155. The fourth-order valence-electron chi connectivity index (χ4n) is 2.62. The van der Waals surface area contributed by atoms with Gasteiger partial charge in [-0.15, -0.1) is 13.2 Å². The number of urea groups is 1. The second-order valence-electron chi connectivity index (χ2n) is 6.80. The molecule has 1 aliphatic carbocycles. The van der Waals surface area contributed by atoms with Crippen LogP contribution < -0.4 is 20.7 Å². The lowest BCUT2D eigenvalue weighted by Gasteiger charge is -2.14. The Labute approximate surface area is 170 Å². The highest BCUT2D eigenvalue weighted by atomic mass is 19.4. The average molecular weight is 423 g/mol. The Hall–Kier alpha value is -3.27. The van der Waals surface area contributed by atoms with E-state index < -0.39 is 24.1 Å². The number of benzene rings is 2. The van der Waals surface area contributed by atoms with Crippen molar-refractivity contribution >= 4 is 17.6 Å². The van der Waals surface area contributed by atoms with Crippen molar-refractivity contribution in [2.45, 2.75) is 31.3 Å². The van der Waals surface area contributed by atoms with Crippen LogP contribution in [0.2, 0.25) is 0 Å². The van der Waals surface area contributed by atoms with Crippen molar-refractivity contribution in [3.05, 3.63) is 59.7 Å². The van der Waals surface area contributed by atoms with E-state index in [2.05, 4.69) is 20.7 Å². The van der Waals surface area contributed by atoms with Crippen molar-refractivity contribution in [3.63, 3.8) is 0 Å². The number of rotatable bonds is 7. The Morgan fingerprint density at radius 3 is 2.47 bits per heavy atom. The molecule has 1 atom stereocenters.